The zero-order valence-electron chi connectivity index (χ0n) is 83.3. The first-order chi connectivity index (χ1) is 65.3. The number of benzene rings is 4. The number of esters is 4. The smallest absolute Gasteiger partial charge is 0.410 e. The van der Waals surface area contributed by atoms with E-state index in [0.717, 1.165) is 18.1 Å². The third-order valence-corrected chi connectivity index (χ3v) is 28.3. The summed E-state index contributed by atoms with van der Waals surface area (Å²) in [6.45, 7) is 25.9. The number of Topliss-reactive ketones (excluding diaryl/α,β-unsaturated/α-hetero) is 2. The van der Waals surface area contributed by atoms with Gasteiger partial charge in [0.1, 0.15) is 67.1 Å². The molecule has 38 heteroatoms. The highest BCUT2D eigenvalue weighted by molar-refractivity contribution is 6.08. The number of unbranched alkanes of at least 4 members (excludes halogenated alkanes) is 2. The molecule has 6 aliphatic rings. The monoisotopic (exact) mass is 1930 g/mol. The molecule has 0 bridgehead atoms. The number of nitrogens with zero attached hydrogens (tertiary/aromatic N) is 10. The maximum absolute atomic E-state index is 17.2. The van der Waals surface area contributed by atoms with Crippen LogP contribution >= 0.6 is 0 Å². The molecule has 27 atom stereocenters. The predicted molar refractivity (Wildman–Crippen MR) is 508 cm³/mol. The van der Waals surface area contributed by atoms with Crippen molar-refractivity contribution >= 4 is 59.0 Å². The Kier molecular flexibility index (Phi) is 36.9. The molecule has 138 heavy (non-hydrogen) atoms. The third-order valence-electron chi connectivity index (χ3n) is 28.3. The number of methoxy groups -OCH3 is 2. The van der Waals surface area contributed by atoms with E-state index in [-0.39, 0.29) is 56.8 Å². The number of aliphatic hydroxyl groups excluding tert-OH is 3. The lowest BCUT2D eigenvalue weighted by atomic mass is 9.78. The number of aromatic nitrogens is 6. The Hall–Kier alpha value is -10.1. The number of hydrogen-bond donors (Lipinski definition) is 7. The van der Waals surface area contributed by atoms with E-state index >= 15 is 4.39 Å². The van der Waals surface area contributed by atoms with Gasteiger partial charge in [-0.05, 0) is 215 Å². The van der Waals surface area contributed by atoms with Crippen LogP contribution in [0.15, 0.2) is 122 Å². The molecule has 2 amide bonds. The van der Waals surface area contributed by atoms with E-state index < -0.39 is 191 Å². The molecule has 760 valence electrons. The van der Waals surface area contributed by atoms with Crippen molar-refractivity contribution in [1.82, 2.24) is 60.2 Å². The van der Waals surface area contributed by atoms with E-state index in [1.165, 1.54) is 28.1 Å². The summed E-state index contributed by atoms with van der Waals surface area (Å²) in [5.41, 5.74) is 8.41. The molecule has 6 fully saturated rings. The largest absolute Gasteiger partial charge is 0.459 e. The van der Waals surface area contributed by atoms with Gasteiger partial charge >= 0.3 is 36.1 Å². The van der Waals surface area contributed by atoms with Crippen LogP contribution in [-0.4, -0.2) is 326 Å². The predicted octanol–water partition coefficient (Wildman–Crippen LogP) is 9.31. The van der Waals surface area contributed by atoms with E-state index in [1.54, 1.807) is 159 Å². The highest BCUT2D eigenvalue weighted by Gasteiger charge is 2.63. The quantitative estimate of drug-likeness (QED) is 0.00790. The molecular formula is C100H145FN14O23. The first kappa shape index (κ1) is 108. The highest BCUT2D eigenvalue weighted by atomic mass is 19.1. The number of carbonyl (C=O) groups is 8. The number of nitrogens with two attached hydrogens (primary N) is 2. The zero-order chi connectivity index (χ0) is 101. The second-order valence-electron chi connectivity index (χ2n) is 39.4. The molecular weight excluding hydrogens is 1780 g/mol. The van der Waals surface area contributed by atoms with Crippen molar-refractivity contribution in [2.24, 2.45) is 29.6 Å². The molecule has 2 unspecified atom stereocenters. The summed E-state index contributed by atoms with van der Waals surface area (Å²) in [4.78, 5) is 118. The van der Waals surface area contributed by atoms with Crippen LogP contribution in [0.25, 0.3) is 22.5 Å². The number of alkyl halides is 1. The molecule has 4 aromatic carbocycles. The summed E-state index contributed by atoms with van der Waals surface area (Å²) in [6, 6.07) is 28.1. The van der Waals surface area contributed by atoms with Crippen LogP contribution in [0.4, 0.5) is 25.4 Å². The van der Waals surface area contributed by atoms with Crippen molar-refractivity contribution in [2.45, 2.75) is 300 Å². The topological polar surface area (TPSA) is 458 Å². The van der Waals surface area contributed by atoms with E-state index in [2.05, 4.69) is 31.3 Å². The first-order valence-electron chi connectivity index (χ1n) is 48.1. The standard InChI is InChI=1S/C50H72FN7O11.C50H73N7O12/c1-11-39-50(7)41(58(47(63)69-50)23-16-15-22-57-28-37(54-55-57)34-20-17-21-35(52)24-34)32(4)53-27-30(2)26-48(5,64-10)43(31(3)42(60)49(6,51)46(62)67-39)68-45-40(59)38(56(8)9)25-36(66-45)29-65-44(61)33-18-13-12-14-19-33;1-11-38-50(7)43(57(48(63)69-50)23-16-15-22-56-27-36(53-54-56)34-20-17-21-35(51)24-34)32(5)52-26-29(2)25-49(6,64-10)44(30(3)40(58)31(4)45(61)67-38)68-47-42(60)39(55(8)9)41(59)37(66-47)28-65-46(62)33-18-13-12-14-19-33/h12-14,17-21,24,28,30-32,36,38-41,43,45,53,59H,11,15-16,22-23,25-27,29,52H2,1-10H3;12-14,17-21,24,27,29-32,37-39,41-44,47,52,59-60H,11,15-16,22-23,25-26,28,51H2,1-10H3/t30-,31-,32-,36+,38+,39-,40-,41-,43+,45?,48-,49+,50-;29-,30-,31-,32-,37-,38-,39+,41-,42-,43-,44+,47?,49-,50-/m11/s1. The minimum Gasteiger partial charge on any atom is -0.459 e. The summed E-state index contributed by atoms with van der Waals surface area (Å²) >= 11 is 0. The molecule has 0 saturated carbocycles. The fraction of sp³-hybridized carbons (Fsp3) is 0.640. The Morgan fingerprint density at radius 1 is 0.558 bits per heavy atom. The Morgan fingerprint density at radius 3 is 1.44 bits per heavy atom. The van der Waals surface area contributed by atoms with E-state index in [1.807, 2.05) is 96.4 Å². The number of carbonyl (C=O) groups excluding carboxylic acids is 8. The lowest BCUT2D eigenvalue weighted by Crippen LogP contribution is -2.65. The minimum absolute atomic E-state index is 0.129. The van der Waals surface area contributed by atoms with Gasteiger partial charge in [-0.3, -0.25) is 33.5 Å². The van der Waals surface area contributed by atoms with E-state index in [0.29, 0.717) is 105 Å². The molecule has 2 aromatic heterocycles. The van der Waals surface area contributed by atoms with Gasteiger partial charge in [0.15, 0.2) is 35.3 Å². The summed E-state index contributed by atoms with van der Waals surface area (Å²) in [5, 5.41) is 59.5. The summed E-state index contributed by atoms with van der Waals surface area (Å²) in [5.74, 6) is -9.14. The van der Waals surface area contributed by atoms with Crippen LogP contribution in [0, 0.1) is 29.6 Å². The number of ether oxygens (including phenoxy) is 12. The molecule has 0 radical (unpaired) electrons. The second-order valence-corrected chi connectivity index (χ2v) is 39.4. The molecule has 6 aromatic rings. The summed E-state index contributed by atoms with van der Waals surface area (Å²) in [6.07, 6.45) is -6.94. The van der Waals surface area contributed by atoms with Crippen molar-refractivity contribution < 1.29 is 115 Å². The fourth-order valence-electron chi connectivity index (χ4n) is 20.7. The zero-order valence-corrected chi connectivity index (χ0v) is 83.3. The van der Waals surface area contributed by atoms with Gasteiger partial charge in [-0.15, -0.1) is 10.2 Å². The van der Waals surface area contributed by atoms with Gasteiger partial charge in [-0.1, -0.05) is 113 Å². The average molecular weight is 1930 g/mol. The molecule has 12 rings (SSSR count). The molecule has 0 aliphatic carbocycles. The number of nitrogens with one attached hydrogen (secondary N) is 2. The summed E-state index contributed by atoms with van der Waals surface area (Å²) in [7, 11) is 9.90. The molecule has 8 heterocycles. The Labute approximate surface area is 808 Å². The normalized spacial score (nSPS) is 33.8. The fourth-order valence-corrected chi connectivity index (χ4v) is 20.7. The Morgan fingerprint density at radius 2 is 1.00 bits per heavy atom. The first-order valence-corrected chi connectivity index (χ1v) is 48.1. The SMILES string of the molecule is CC[C@H]1OC(=O)[C@@](C)(F)C(=O)[C@@H](C)[C@H](OC2O[C@H](COC(=O)c3ccccc3)C[C@H](N(C)C)[C@H]2O)[C@](C)(OC)C[C@@H](C)CN[C@H](C)[C@H]2N(CCCCn3cc(-c4cccc(N)c4)nn3)C(=O)O[C@]12C.CC[C@H]1OC(=O)[C@H](C)C(=O)[C@@H](C)[C@H](OC2O[C@H](COC(=O)c3ccccc3)[C@@H](O)[C@H](N(C)C)[C@H]2O)[C@](C)(OC)C[C@@H](C)CN[C@H](C)[C@H]2N(CCCCn3cc(-c4cccc(N)c4)nn3)C(=O)O[C@]12C. The number of aliphatic hydroxyl groups is 3. The van der Waals surface area contributed by atoms with Crippen LogP contribution in [-0.2, 0) is 89.1 Å². The number of aryl methyl sites for hydroxylation is 2. The van der Waals surface area contributed by atoms with Crippen molar-refractivity contribution in [1.29, 1.82) is 0 Å². The van der Waals surface area contributed by atoms with Crippen LogP contribution in [0.1, 0.15) is 175 Å². The van der Waals surface area contributed by atoms with Crippen molar-refractivity contribution in [2.75, 3.05) is 93.3 Å². The van der Waals surface area contributed by atoms with Gasteiger partial charge in [0.05, 0.1) is 71.2 Å². The van der Waals surface area contributed by atoms with Crippen LogP contribution in [0.5, 0.6) is 0 Å². The second kappa shape index (κ2) is 47.0. The maximum atomic E-state index is 17.2. The lowest BCUT2D eigenvalue weighted by molar-refractivity contribution is -0.319. The number of cyclic esters (lactones) is 2. The van der Waals surface area contributed by atoms with Gasteiger partial charge in [-0.2, -0.15) is 0 Å². The van der Waals surface area contributed by atoms with Crippen molar-refractivity contribution in [3.8, 4) is 22.5 Å². The van der Waals surface area contributed by atoms with Crippen LogP contribution in [0.3, 0.4) is 0 Å². The lowest BCUT2D eigenvalue weighted by Gasteiger charge is -2.48. The average Bonchev–Trinajstić information content (AvgIpc) is 1.53. The Balaban J connectivity index is 0.000000265. The molecule has 0 spiro atoms. The van der Waals surface area contributed by atoms with Gasteiger partial charge in [0, 0.05) is 92.9 Å². The van der Waals surface area contributed by atoms with E-state index in [4.69, 9.17) is 68.3 Å². The highest BCUT2D eigenvalue weighted by Crippen LogP contribution is 2.45. The molecule has 9 N–H and O–H groups in total. The van der Waals surface area contributed by atoms with Gasteiger partial charge in [0.2, 0.25) is 0 Å². The number of rotatable bonds is 28. The summed E-state index contributed by atoms with van der Waals surface area (Å²) < 4.78 is 94.9. The van der Waals surface area contributed by atoms with Crippen LogP contribution < -0.4 is 22.1 Å². The number of amides is 2. The third kappa shape index (κ3) is 25.1. The number of likely N-dealkylation sites (N-methyl/N-ethyl adjacent to an activating group) is 2. The van der Waals surface area contributed by atoms with Crippen molar-refractivity contribution in [3.63, 3.8) is 0 Å². The van der Waals surface area contributed by atoms with Gasteiger partial charge < -0.3 is 104 Å². The molecule has 6 aliphatic heterocycles. The molecule has 6 saturated heterocycles. The number of halogens is 1. The minimum atomic E-state index is -3.21. The van der Waals surface area contributed by atoms with Gasteiger partial charge in [-0.25, -0.2) is 28.4 Å². The van der Waals surface area contributed by atoms with Crippen LogP contribution in [0.2, 0.25) is 0 Å². The number of anilines is 2. The van der Waals surface area contributed by atoms with Gasteiger partial charge in [0.25, 0.3) is 5.67 Å². The number of fused-ring (bicyclic) bond motifs is 2. The number of nitrogen functional groups attached to an aromatic ring is 2. The molecule has 37 nitrogen and oxygen atoms in total. The maximum Gasteiger partial charge on any atom is 0.410 e. The number of ketones is 2. The Bertz CT molecular complexity index is 5060. The number of hydrogen-bond acceptors (Lipinski definition) is 33. The van der Waals surface area contributed by atoms with E-state index in [9.17, 15) is 53.7 Å². The van der Waals surface area contributed by atoms with Crippen molar-refractivity contribution in [3.05, 3.63) is 133 Å².